The molecule has 2 saturated heterocycles. The first-order chi connectivity index (χ1) is 17.1. The van der Waals surface area contributed by atoms with Crippen LogP contribution in [0.3, 0.4) is 0 Å². The molecule has 1 N–H and O–H groups in total. The Morgan fingerprint density at radius 1 is 0.943 bits per heavy atom. The van der Waals surface area contributed by atoms with Gasteiger partial charge in [-0.1, -0.05) is 48.5 Å². The Balaban J connectivity index is 1.20. The van der Waals surface area contributed by atoms with Crippen molar-refractivity contribution in [2.75, 3.05) is 32.8 Å². The van der Waals surface area contributed by atoms with E-state index in [0.717, 1.165) is 29.2 Å². The molecule has 0 saturated carbocycles. The molecule has 2 amide bonds. The summed E-state index contributed by atoms with van der Waals surface area (Å²) in [5.74, 6) is -0.310. The van der Waals surface area contributed by atoms with Gasteiger partial charge in [0.25, 0.3) is 5.91 Å². The third kappa shape index (κ3) is 4.94. The molecule has 2 heterocycles. The van der Waals surface area contributed by atoms with Gasteiger partial charge in [-0.15, -0.1) is 0 Å². The number of carbonyl (C=O) groups is 2. The number of rotatable bonds is 5. The van der Waals surface area contributed by atoms with Gasteiger partial charge in [0.05, 0.1) is 0 Å². The Morgan fingerprint density at radius 3 is 2.37 bits per heavy atom. The van der Waals surface area contributed by atoms with Crippen molar-refractivity contribution in [1.82, 2.24) is 10.2 Å². The Bertz CT molecular complexity index is 1190. The lowest BCUT2D eigenvalue weighted by atomic mass is 9.74. The highest BCUT2D eigenvalue weighted by molar-refractivity contribution is 6.07. The van der Waals surface area contributed by atoms with Gasteiger partial charge in [-0.3, -0.25) is 9.59 Å². The molecular weight excluding hydrogens is 443 g/mol. The first-order valence-corrected chi connectivity index (χ1v) is 12.4. The fourth-order valence-corrected chi connectivity index (χ4v) is 5.46. The van der Waals surface area contributed by atoms with Crippen molar-refractivity contribution in [3.63, 3.8) is 0 Å². The summed E-state index contributed by atoms with van der Waals surface area (Å²) in [6, 6.07) is 20.3. The number of amides is 2. The monoisotopic (exact) mass is 474 g/mol. The molecule has 182 valence electrons. The Hall–Kier alpha value is -3.25. The van der Waals surface area contributed by atoms with Gasteiger partial charge in [-0.25, -0.2) is 4.39 Å². The number of piperidine rings is 1. The van der Waals surface area contributed by atoms with Crippen LogP contribution in [0.25, 0.3) is 10.8 Å². The highest BCUT2D eigenvalue weighted by atomic mass is 19.1. The van der Waals surface area contributed by atoms with Crippen LogP contribution in [-0.2, 0) is 14.9 Å². The van der Waals surface area contributed by atoms with Crippen molar-refractivity contribution < 1.29 is 18.7 Å². The third-order valence-corrected chi connectivity index (χ3v) is 7.68. The molecule has 3 aromatic rings. The van der Waals surface area contributed by atoms with Crippen molar-refractivity contribution in [2.24, 2.45) is 5.92 Å². The van der Waals surface area contributed by atoms with Gasteiger partial charge in [0.1, 0.15) is 5.82 Å². The number of nitrogens with zero attached hydrogens (tertiary/aromatic N) is 1. The normalized spacial score (nSPS) is 18.4. The number of likely N-dealkylation sites (tertiary alicyclic amines) is 1. The molecule has 6 heteroatoms. The summed E-state index contributed by atoms with van der Waals surface area (Å²) < 4.78 is 19.1. The van der Waals surface area contributed by atoms with Gasteiger partial charge in [-0.05, 0) is 60.2 Å². The lowest BCUT2D eigenvalue weighted by Crippen LogP contribution is -2.48. The van der Waals surface area contributed by atoms with Crippen molar-refractivity contribution in [1.29, 1.82) is 0 Å². The molecule has 5 nitrogen and oxygen atoms in total. The van der Waals surface area contributed by atoms with Crippen molar-refractivity contribution in [2.45, 2.75) is 31.1 Å². The zero-order chi connectivity index (χ0) is 24.3. The second-order valence-electron chi connectivity index (χ2n) is 9.71. The van der Waals surface area contributed by atoms with E-state index in [0.29, 0.717) is 51.3 Å². The van der Waals surface area contributed by atoms with Crippen LogP contribution in [0, 0.1) is 11.7 Å². The predicted octanol–water partition coefficient (Wildman–Crippen LogP) is 4.70. The zero-order valence-corrected chi connectivity index (χ0v) is 19.8. The lowest BCUT2D eigenvalue weighted by molar-refractivity contribution is -0.126. The van der Waals surface area contributed by atoms with E-state index in [9.17, 15) is 14.0 Å². The van der Waals surface area contributed by atoms with Crippen molar-refractivity contribution in [3.05, 3.63) is 83.7 Å². The molecule has 0 bridgehead atoms. The van der Waals surface area contributed by atoms with Gasteiger partial charge in [0, 0.05) is 49.7 Å². The summed E-state index contributed by atoms with van der Waals surface area (Å²) in [5, 5.41) is 5.20. The smallest absolute Gasteiger partial charge is 0.254 e. The van der Waals surface area contributed by atoms with Crippen LogP contribution < -0.4 is 5.32 Å². The minimum atomic E-state index is -0.259. The van der Waals surface area contributed by atoms with Crippen LogP contribution in [-0.4, -0.2) is 49.6 Å². The molecule has 5 rings (SSSR count). The fourth-order valence-electron chi connectivity index (χ4n) is 5.46. The highest BCUT2D eigenvalue weighted by Crippen LogP contribution is 2.34. The molecule has 0 atom stereocenters. The van der Waals surface area contributed by atoms with Crippen molar-refractivity contribution in [3.8, 4) is 0 Å². The summed E-state index contributed by atoms with van der Waals surface area (Å²) in [4.78, 5) is 28.2. The minimum absolute atomic E-state index is 0.0260. The quantitative estimate of drug-likeness (QED) is 0.583. The number of ether oxygens (including phenoxy) is 1. The average Bonchev–Trinajstić information content (AvgIpc) is 2.92. The van der Waals surface area contributed by atoms with Gasteiger partial charge in [-0.2, -0.15) is 0 Å². The molecule has 3 aromatic carbocycles. The number of nitrogens with one attached hydrogen (secondary N) is 1. The van der Waals surface area contributed by atoms with Gasteiger partial charge in [0.2, 0.25) is 5.91 Å². The number of hydrogen-bond donors (Lipinski definition) is 1. The van der Waals surface area contributed by atoms with E-state index in [-0.39, 0.29) is 29.0 Å². The Labute approximate surface area is 205 Å². The molecule has 0 spiro atoms. The summed E-state index contributed by atoms with van der Waals surface area (Å²) in [7, 11) is 0. The number of benzene rings is 3. The summed E-state index contributed by atoms with van der Waals surface area (Å²) in [5.41, 5.74) is 1.51. The maximum Gasteiger partial charge on any atom is 0.254 e. The fraction of sp³-hybridized carbons (Fsp3) is 0.379. The van der Waals surface area contributed by atoms with E-state index < -0.39 is 0 Å². The second-order valence-corrected chi connectivity index (χ2v) is 9.71. The van der Waals surface area contributed by atoms with Crippen LogP contribution in [0.4, 0.5) is 4.39 Å². The van der Waals surface area contributed by atoms with E-state index in [2.05, 4.69) is 5.32 Å². The summed E-state index contributed by atoms with van der Waals surface area (Å²) in [6.07, 6.45) is 2.87. The molecule has 2 aliphatic rings. The zero-order valence-electron chi connectivity index (χ0n) is 19.8. The number of hydrogen-bond acceptors (Lipinski definition) is 3. The average molecular weight is 475 g/mol. The topological polar surface area (TPSA) is 58.6 Å². The van der Waals surface area contributed by atoms with E-state index in [4.69, 9.17) is 4.74 Å². The van der Waals surface area contributed by atoms with Crippen LogP contribution >= 0.6 is 0 Å². The van der Waals surface area contributed by atoms with Crippen LogP contribution in [0.2, 0.25) is 0 Å². The third-order valence-electron chi connectivity index (χ3n) is 7.68. The van der Waals surface area contributed by atoms with E-state index in [1.807, 2.05) is 59.5 Å². The van der Waals surface area contributed by atoms with Gasteiger partial charge < -0.3 is 15.0 Å². The Morgan fingerprint density at radius 2 is 1.63 bits per heavy atom. The highest BCUT2D eigenvalue weighted by Gasteiger charge is 2.36. The first-order valence-electron chi connectivity index (χ1n) is 12.4. The lowest BCUT2D eigenvalue weighted by Gasteiger charge is -2.38. The van der Waals surface area contributed by atoms with Crippen LogP contribution in [0.1, 0.15) is 41.6 Å². The van der Waals surface area contributed by atoms with Crippen LogP contribution in [0.5, 0.6) is 0 Å². The number of halogens is 1. The largest absolute Gasteiger partial charge is 0.381 e. The molecular formula is C29H31FN2O3. The maximum absolute atomic E-state index is 13.5. The van der Waals surface area contributed by atoms with Crippen LogP contribution in [0.15, 0.2) is 66.7 Å². The Kier molecular flexibility index (Phi) is 6.82. The van der Waals surface area contributed by atoms with Crippen molar-refractivity contribution >= 4 is 22.6 Å². The molecule has 0 radical (unpaired) electrons. The first kappa shape index (κ1) is 23.5. The number of fused-ring (bicyclic) bond motifs is 1. The minimum Gasteiger partial charge on any atom is -0.381 e. The molecule has 0 unspecified atom stereocenters. The molecule has 0 aromatic heterocycles. The van der Waals surface area contributed by atoms with Gasteiger partial charge in [0.15, 0.2) is 0 Å². The molecule has 35 heavy (non-hydrogen) atoms. The standard InChI is InChI=1S/C29H31FN2O3/c30-24-10-8-23(9-11-24)29(14-18-35-19-15-29)20-31-27(33)22-12-16-32(17-13-22)28(34)26-7-3-5-21-4-1-2-6-25(21)26/h1-11,22H,12-20H2,(H,31,33). The summed E-state index contributed by atoms with van der Waals surface area (Å²) in [6.45, 7) is 2.90. The summed E-state index contributed by atoms with van der Waals surface area (Å²) >= 11 is 0. The maximum atomic E-state index is 13.5. The molecule has 0 aliphatic carbocycles. The molecule has 2 aliphatic heterocycles. The van der Waals surface area contributed by atoms with E-state index in [1.54, 1.807) is 0 Å². The molecule has 2 fully saturated rings. The number of carbonyl (C=O) groups excluding carboxylic acids is 2. The van der Waals surface area contributed by atoms with E-state index in [1.165, 1.54) is 12.1 Å². The SMILES string of the molecule is O=C(NCC1(c2ccc(F)cc2)CCOCC1)C1CCN(C(=O)c2cccc3ccccc23)CC1. The second kappa shape index (κ2) is 10.2. The predicted molar refractivity (Wildman–Crippen MR) is 134 cm³/mol. The van der Waals surface area contributed by atoms with E-state index >= 15 is 0 Å². The van der Waals surface area contributed by atoms with Gasteiger partial charge >= 0.3 is 0 Å².